The van der Waals surface area contributed by atoms with E-state index in [9.17, 15) is 9.59 Å². The molecule has 1 amide bonds. The predicted molar refractivity (Wildman–Crippen MR) is 126 cm³/mol. The molecule has 0 spiro atoms. The third-order valence-electron chi connectivity index (χ3n) is 4.90. The van der Waals surface area contributed by atoms with Crippen LogP contribution in [0.5, 0.6) is 5.75 Å². The molecule has 0 radical (unpaired) electrons. The maximum atomic E-state index is 13.3. The van der Waals surface area contributed by atoms with Crippen LogP contribution in [-0.2, 0) is 4.79 Å². The molecule has 0 bridgehead atoms. The molecular weight excluding hydrogens is 457 g/mol. The number of nitrogens with one attached hydrogen (secondary N) is 1. The monoisotopic (exact) mass is 473 g/mol. The number of thiophene rings is 1. The van der Waals surface area contributed by atoms with Crippen LogP contribution in [0.3, 0.4) is 0 Å². The molecule has 31 heavy (non-hydrogen) atoms. The summed E-state index contributed by atoms with van der Waals surface area (Å²) in [5, 5.41) is 5.88. The number of hydrogen-bond acceptors (Lipinski definition) is 5. The van der Waals surface area contributed by atoms with Crippen molar-refractivity contribution < 1.29 is 9.53 Å². The molecule has 0 fully saturated rings. The number of carbonyl (C=O) groups is 1. The number of rotatable bonds is 5. The Hall–Kier alpha value is -2.87. The van der Waals surface area contributed by atoms with Crippen molar-refractivity contribution >= 4 is 56.3 Å². The molecule has 2 aromatic carbocycles. The minimum atomic E-state index is -0.817. The van der Waals surface area contributed by atoms with Crippen molar-refractivity contribution in [1.29, 1.82) is 0 Å². The first-order chi connectivity index (χ1) is 14.9. The Morgan fingerprint density at radius 3 is 2.65 bits per heavy atom. The number of anilines is 1. The van der Waals surface area contributed by atoms with E-state index in [1.54, 1.807) is 32.2 Å². The Kier molecular flexibility index (Phi) is 6.00. The van der Waals surface area contributed by atoms with Gasteiger partial charge in [-0.25, -0.2) is 4.98 Å². The van der Waals surface area contributed by atoms with Crippen molar-refractivity contribution in [3.8, 4) is 16.9 Å². The fraction of sp³-hybridized carbons (Fsp3) is 0.136. The number of ether oxygens (including phenoxy) is 1. The highest BCUT2D eigenvalue weighted by Crippen LogP contribution is 2.32. The van der Waals surface area contributed by atoms with E-state index in [2.05, 4.69) is 10.3 Å². The summed E-state index contributed by atoms with van der Waals surface area (Å²) < 4.78 is 6.52. The molecular formula is C22H17Cl2N3O3S. The number of methoxy groups -OCH3 is 1. The van der Waals surface area contributed by atoms with Crippen LogP contribution in [0.4, 0.5) is 5.69 Å². The number of fused-ring (bicyclic) bond motifs is 1. The number of carbonyl (C=O) groups excluding carboxylic acids is 1. The van der Waals surface area contributed by atoms with Crippen LogP contribution in [-0.4, -0.2) is 22.6 Å². The minimum Gasteiger partial charge on any atom is -0.497 e. The van der Waals surface area contributed by atoms with E-state index in [4.69, 9.17) is 27.9 Å². The van der Waals surface area contributed by atoms with Crippen LogP contribution in [0.1, 0.15) is 13.0 Å². The van der Waals surface area contributed by atoms with E-state index in [1.165, 1.54) is 22.2 Å². The van der Waals surface area contributed by atoms with Gasteiger partial charge in [-0.3, -0.25) is 14.2 Å². The van der Waals surface area contributed by atoms with Gasteiger partial charge in [0.2, 0.25) is 5.91 Å². The Labute approximate surface area is 192 Å². The molecule has 0 aliphatic heterocycles. The summed E-state index contributed by atoms with van der Waals surface area (Å²) in [6.45, 7) is 1.63. The first-order valence-electron chi connectivity index (χ1n) is 9.27. The number of halogens is 2. The number of benzene rings is 2. The second kappa shape index (κ2) is 8.70. The molecule has 6 nitrogen and oxygen atoms in total. The van der Waals surface area contributed by atoms with Gasteiger partial charge in [-0.1, -0.05) is 35.3 Å². The lowest BCUT2D eigenvalue weighted by Crippen LogP contribution is -2.31. The molecule has 1 atom stereocenters. The average molecular weight is 474 g/mol. The van der Waals surface area contributed by atoms with Gasteiger partial charge in [0.15, 0.2) is 0 Å². The molecule has 0 aliphatic rings. The molecule has 4 rings (SSSR count). The van der Waals surface area contributed by atoms with E-state index < -0.39 is 11.9 Å². The molecule has 0 saturated heterocycles. The molecule has 1 N–H and O–H groups in total. The second-order valence-electron chi connectivity index (χ2n) is 6.80. The molecule has 158 valence electrons. The Balaban J connectivity index is 1.70. The normalized spacial score (nSPS) is 12.0. The molecule has 2 heterocycles. The van der Waals surface area contributed by atoms with Gasteiger partial charge in [-0.15, -0.1) is 11.3 Å². The van der Waals surface area contributed by atoms with E-state index >= 15 is 0 Å². The van der Waals surface area contributed by atoms with E-state index in [0.29, 0.717) is 25.9 Å². The number of nitrogens with zero attached hydrogens (tertiary/aromatic N) is 2. The van der Waals surface area contributed by atoms with Crippen LogP contribution in [0.2, 0.25) is 10.0 Å². The third kappa shape index (κ3) is 4.17. The maximum absolute atomic E-state index is 13.3. The summed E-state index contributed by atoms with van der Waals surface area (Å²) in [6.07, 6.45) is 1.39. The predicted octanol–water partition coefficient (Wildman–Crippen LogP) is 5.64. The zero-order valence-electron chi connectivity index (χ0n) is 16.6. The van der Waals surface area contributed by atoms with Crippen LogP contribution >= 0.6 is 34.5 Å². The van der Waals surface area contributed by atoms with Crippen LogP contribution < -0.4 is 15.6 Å². The van der Waals surface area contributed by atoms with Crippen LogP contribution in [0, 0.1) is 0 Å². The fourth-order valence-electron chi connectivity index (χ4n) is 3.16. The number of hydrogen-bond donors (Lipinski definition) is 1. The second-order valence-corrected chi connectivity index (χ2v) is 8.51. The molecule has 4 aromatic rings. The van der Waals surface area contributed by atoms with Gasteiger partial charge in [-0.2, -0.15) is 0 Å². The number of amides is 1. The van der Waals surface area contributed by atoms with Gasteiger partial charge in [0.1, 0.15) is 16.6 Å². The Morgan fingerprint density at radius 1 is 1.19 bits per heavy atom. The Morgan fingerprint density at radius 2 is 1.94 bits per heavy atom. The number of aromatic nitrogens is 2. The summed E-state index contributed by atoms with van der Waals surface area (Å²) >= 11 is 13.5. The van der Waals surface area contributed by atoms with E-state index in [-0.39, 0.29) is 5.56 Å². The van der Waals surface area contributed by atoms with Crippen molar-refractivity contribution in [1.82, 2.24) is 9.55 Å². The standard InChI is InChI=1S/C22H17Cl2N3O3S/c1-12(20(28)26-18-9-14(23)5-8-17(18)24)27-11-25-21-19(22(27)29)16(10-31-21)13-3-6-15(30-2)7-4-13/h3-12H,1-2H3,(H,26,28). The van der Waals surface area contributed by atoms with Gasteiger partial charge in [0.25, 0.3) is 5.56 Å². The lowest BCUT2D eigenvalue weighted by molar-refractivity contribution is -0.118. The average Bonchev–Trinajstić information content (AvgIpc) is 3.21. The smallest absolute Gasteiger partial charge is 0.263 e. The van der Waals surface area contributed by atoms with E-state index in [0.717, 1.165) is 16.9 Å². The molecule has 1 unspecified atom stereocenters. The maximum Gasteiger partial charge on any atom is 0.263 e. The zero-order valence-corrected chi connectivity index (χ0v) is 18.9. The highest BCUT2D eigenvalue weighted by molar-refractivity contribution is 7.17. The summed E-state index contributed by atoms with van der Waals surface area (Å²) in [5.41, 5.74) is 1.71. The van der Waals surface area contributed by atoms with Crippen molar-refractivity contribution in [3.05, 3.63) is 74.6 Å². The molecule has 0 aliphatic carbocycles. The lowest BCUT2D eigenvalue weighted by atomic mass is 10.1. The van der Waals surface area contributed by atoms with Gasteiger partial charge >= 0.3 is 0 Å². The van der Waals surface area contributed by atoms with Crippen LogP contribution in [0.25, 0.3) is 21.3 Å². The third-order valence-corrected chi connectivity index (χ3v) is 6.35. The quantitative estimate of drug-likeness (QED) is 0.406. The van der Waals surface area contributed by atoms with Crippen molar-refractivity contribution in [2.75, 3.05) is 12.4 Å². The van der Waals surface area contributed by atoms with E-state index in [1.807, 2.05) is 29.6 Å². The summed E-state index contributed by atoms with van der Waals surface area (Å²) in [6, 6.07) is 11.4. The fourth-order valence-corrected chi connectivity index (χ4v) is 4.40. The summed E-state index contributed by atoms with van der Waals surface area (Å²) in [4.78, 5) is 31.1. The SMILES string of the molecule is COc1ccc(-c2csc3ncn(C(C)C(=O)Nc4cc(Cl)ccc4Cl)c(=O)c23)cc1. The van der Waals surface area contributed by atoms with Gasteiger partial charge in [0.05, 0.1) is 29.5 Å². The van der Waals surface area contributed by atoms with Crippen molar-refractivity contribution in [2.24, 2.45) is 0 Å². The molecule has 2 aromatic heterocycles. The minimum absolute atomic E-state index is 0.295. The van der Waals surface area contributed by atoms with Crippen molar-refractivity contribution in [3.63, 3.8) is 0 Å². The first kappa shape index (κ1) is 21.4. The van der Waals surface area contributed by atoms with Gasteiger partial charge in [-0.05, 0) is 42.8 Å². The van der Waals surface area contributed by atoms with Gasteiger partial charge < -0.3 is 10.1 Å². The van der Waals surface area contributed by atoms with Crippen LogP contribution in [0.15, 0.2) is 59.0 Å². The van der Waals surface area contributed by atoms with Crippen molar-refractivity contribution in [2.45, 2.75) is 13.0 Å². The largest absolute Gasteiger partial charge is 0.497 e. The van der Waals surface area contributed by atoms with Gasteiger partial charge in [0, 0.05) is 16.0 Å². The first-order valence-corrected chi connectivity index (χ1v) is 10.9. The highest BCUT2D eigenvalue weighted by atomic mass is 35.5. The zero-order chi connectivity index (χ0) is 22.1. The highest BCUT2D eigenvalue weighted by Gasteiger charge is 2.21. The molecule has 0 saturated carbocycles. The molecule has 9 heteroatoms. The summed E-state index contributed by atoms with van der Waals surface area (Å²) in [7, 11) is 1.60. The topological polar surface area (TPSA) is 73.2 Å². The summed E-state index contributed by atoms with van der Waals surface area (Å²) in [5.74, 6) is 0.317. The lowest BCUT2D eigenvalue weighted by Gasteiger charge is -2.16. The Bertz CT molecular complexity index is 1330.